The van der Waals surface area contributed by atoms with Crippen LogP contribution in [0.2, 0.25) is 0 Å². The van der Waals surface area contributed by atoms with E-state index in [1.54, 1.807) is 0 Å². The van der Waals surface area contributed by atoms with Crippen LogP contribution in [0.3, 0.4) is 0 Å². The van der Waals surface area contributed by atoms with Crippen molar-refractivity contribution in [1.82, 2.24) is 0 Å². The molecule has 0 atom stereocenters. The van der Waals surface area contributed by atoms with Crippen LogP contribution >= 0.6 is 23.5 Å². The molecule has 0 aliphatic heterocycles. The van der Waals surface area contributed by atoms with Gasteiger partial charge in [0.25, 0.3) is 0 Å². The second-order valence-corrected chi connectivity index (χ2v) is 4.76. The van der Waals surface area contributed by atoms with Crippen molar-refractivity contribution in [2.24, 2.45) is 0 Å². The molecule has 0 aromatic carbocycles. The predicted molar refractivity (Wildman–Crippen MR) is 23.9 cm³/mol. The zero-order valence-electron chi connectivity index (χ0n) is 7.83. The minimum atomic E-state index is -5.68. The molecular formula is Na2O11P3-5. The molecule has 11 nitrogen and oxygen atoms in total. The van der Waals surface area contributed by atoms with Crippen molar-refractivity contribution in [3.8, 4) is 0 Å². The van der Waals surface area contributed by atoms with E-state index in [1.807, 2.05) is 0 Å². The smallest absolute Gasteiger partial charge is 0.822 e. The first kappa shape index (κ1) is 26.8. The Hall–Kier alpha value is 2.37. The molecule has 0 saturated heterocycles. The zero-order chi connectivity index (χ0) is 12.2. The fourth-order valence-corrected chi connectivity index (χ4v) is 1.10. The van der Waals surface area contributed by atoms with Gasteiger partial charge in [-0.3, -0.25) is 0 Å². The molecule has 0 heterocycles. The summed E-state index contributed by atoms with van der Waals surface area (Å²) in [5.41, 5.74) is 0. The quantitative estimate of drug-likeness (QED) is 0.343. The van der Waals surface area contributed by atoms with Crippen molar-refractivity contribution in [2.75, 3.05) is 0 Å². The summed E-state index contributed by atoms with van der Waals surface area (Å²) in [7, 11) is -16.7. The van der Waals surface area contributed by atoms with Crippen molar-refractivity contribution in [1.29, 1.82) is 0 Å². The van der Waals surface area contributed by atoms with Gasteiger partial charge in [-0.15, -0.1) is 0 Å². The van der Waals surface area contributed by atoms with Crippen LogP contribution in [0.1, 0.15) is 0 Å². The van der Waals surface area contributed by atoms with E-state index in [1.165, 1.54) is 0 Å². The predicted octanol–water partition coefficient (Wildman–Crippen LogP) is -12.2. The third-order valence-corrected chi connectivity index (χ3v) is 1.80. The third kappa shape index (κ3) is 55.2. The van der Waals surface area contributed by atoms with Gasteiger partial charge in [0.15, 0.2) is 0 Å². The van der Waals surface area contributed by atoms with E-state index in [-0.39, 0.29) is 59.1 Å². The van der Waals surface area contributed by atoms with Crippen LogP contribution in [0, 0.1) is 0 Å². The molecule has 0 aliphatic carbocycles. The molecule has 0 saturated carbocycles. The standard InChI is InChI=1S/2Na.H4O7P2.H3O4P/c;;1-8(2,3)7-9(4,5)6;1-5(2,3)4/h;;(H2,1,2,3)(H2,4,5,6);(H3,1,2,3,4)/q2*+1;;/p-7. The molecule has 16 heteroatoms. The summed E-state index contributed by atoms with van der Waals surface area (Å²) in [5.74, 6) is 0. The number of phosphoric acid groups is 3. The van der Waals surface area contributed by atoms with Crippen molar-refractivity contribution in [2.45, 2.75) is 0 Å². The maximum atomic E-state index is 9.32. The van der Waals surface area contributed by atoms with Crippen LogP contribution < -0.4 is 93.4 Å². The van der Waals surface area contributed by atoms with Gasteiger partial charge in [0.1, 0.15) is 0 Å². The summed E-state index contributed by atoms with van der Waals surface area (Å²) in [4.78, 5) is 62.9. The molecule has 0 aromatic rings. The van der Waals surface area contributed by atoms with E-state index in [0.717, 1.165) is 0 Å². The van der Waals surface area contributed by atoms with Crippen LogP contribution in [0.4, 0.5) is 0 Å². The average molecular weight is 315 g/mol. The van der Waals surface area contributed by atoms with Gasteiger partial charge in [-0.1, -0.05) is 0 Å². The fourth-order valence-electron chi connectivity index (χ4n) is 0.122. The Kier molecular flexibility index (Phi) is 17.1. The van der Waals surface area contributed by atoms with Crippen molar-refractivity contribution >= 4 is 23.5 Å². The molecule has 0 aliphatic rings. The monoisotopic (exact) mass is 315 g/mol. The molecule has 0 unspecified atom stereocenters. The Morgan fingerprint density at radius 2 is 0.750 bits per heavy atom. The van der Waals surface area contributed by atoms with Crippen molar-refractivity contribution in [3.63, 3.8) is 0 Å². The summed E-state index contributed by atoms with van der Waals surface area (Å²) >= 11 is 0. The summed E-state index contributed by atoms with van der Waals surface area (Å²) < 4.78 is 29.7. The van der Waals surface area contributed by atoms with E-state index in [2.05, 4.69) is 4.31 Å². The third-order valence-electron chi connectivity index (χ3n) is 0.200. The Labute approximate surface area is 134 Å². The molecule has 0 bridgehead atoms. The van der Waals surface area contributed by atoms with E-state index in [9.17, 15) is 28.7 Å². The van der Waals surface area contributed by atoms with Crippen molar-refractivity contribution < 1.29 is 111 Å². The molecule has 0 rings (SSSR count). The second-order valence-electron chi connectivity index (χ2n) is 1.42. The van der Waals surface area contributed by atoms with Crippen molar-refractivity contribution in [3.05, 3.63) is 0 Å². The Morgan fingerprint density at radius 3 is 0.750 bits per heavy atom. The van der Waals surface area contributed by atoms with Gasteiger partial charge in [-0.05, 0) is 0 Å². The fraction of sp³-hybridized carbons (Fsp3) is 0. The van der Waals surface area contributed by atoms with E-state index in [4.69, 9.17) is 19.2 Å². The van der Waals surface area contributed by atoms with Gasteiger partial charge in [-0.25, -0.2) is 0 Å². The Balaban J connectivity index is -0.0000000904. The van der Waals surface area contributed by atoms with Crippen LogP contribution in [0.5, 0.6) is 0 Å². The maximum Gasteiger partial charge on any atom is 1.00 e. The molecule has 0 N–H and O–H groups in total. The van der Waals surface area contributed by atoms with Gasteiger partial charge in [-0.2, -0.15) is 7.82 Å². The van der Waals surface area contributed by atoms with Crippen LogP contribution in [0.25, 0.3) is 0 Å². The van der Waals surface area contributed by atoms with E-state index in [0.29, 0.717) is 0 Å². The molecular weight excluding hydrogens is 315 g/mol. The first-order chi connectivity index (χ1) is 5.71. The zero-order valence-corrected chi connectivity index (χ0v) is 14.5. The molecule has 0 fully saturated rings. The SMILES string of the molecule is O=P([O-])([O-])OP(=O)([O-])[O-].O=P([O-])([O-])[O-].[Na+].[Na+]. The van der Waals surface area contributed by atoms with Gasteiger partial charge in [0, 0.05) is 0 Å². The normalized spacial score (nSPS) is 11.4. The number of hydrogen-bond acceptors (Lipinski definition) is 11. The molecule has 0 radical (unpaired) electrons. The topological polar surface area (TPSA) is 222 Å². The second kappa shape index (κ2) is 10.2. The summed E-state index contributed by atoms with van der Waals surface area (Å²) in [6.45, 7) is 0. The first-order valence-electron chi connectivity index (χ1n) is 2.19. The maximum absolute atomic E-state index is 9.32. The van der Waals surface area contributed by atoms with E-state index >= 15 is 0 Å². The minimum Gasteiger partial charge on any atom is -0.822 e. The number of hydrogen-bond donors (Lipinski definition) is 0. The first-order valence-corrected chi connectivity index (χ1v) is 6.57. The minimum absolute atomic E-state index is 0. The Morgan fingerprint density at radius 1 is 0.625 bits per heavy atom. The van der Waals surface area contributed by atoms with Crippen LogP contribution in [-0.4, -0.2) is 0 Å². The average Bonchev–Trinajstić information content (AvgIpc) is 1.42. The summed E-state index contributed by atoms with van der Waals surface area (Å²) in [6, 6.07) is 0. The van der Waals surface area contributed by atoms with Crippen LogP contribution in [0.15, 0.2) is 0 Å². The van der Waals surface area contributed by atoms with Gasteiger partial charge in [0.2, 0.25) is 0 Å². The summed E-state index contributed by atoms with van der Waals surface area (Å²) in [6.07, 6.45) is 0. The molecule has 88 valence electrons. The Bertz CT molecular complexity index is 262. The molecule has 0 aromatic heterocycles. The number of rotatable bonds is 2. The summed E-state index contributed by atoms with van der Waals surface area (Å²) in [5, 5.41) is 0. The van der Waals surface area contributed by atoms with Crippen LogP contribution in [-0.2, 0) is 18.0 Å². The van der Waals surface area contributed by atoms with Gasteiger partial charge in [0.05, 0.1) is 15.6 Å². The molecule has 0 amide bonds. The van der Waals surface area contributed by atoms with Gasteiger partial charge < -0.3 is 52.3 Å². The van der Waals surface area contributed by atoms with Gasteiger partial charge >= 0.3 is 59.1 Å². The molecule has 16 heavy (non-hydrogen) atoms. The largest absolute Gasteiger partial charge is 1.00 e. The van der Waals surface area contributed by atoms with E-state index < -0.39 is 23.5 Å². The molecule has 0 spiro atoms.